The monoisotopic (exact) mass is 506 g/mol. The van der Waals surface area contributed by atoms with Gasteiger partial charge in [-0.2, -0.15) is 0 Å². The molecule has 0 spiro atoms. The second kappa shape index (κ2) is 15.1. The molecule has 0 saturated heterocycles. The van der Waals surface area contributed by atoms with Gasteiger partial charge in [-0.15, -0.1) is 0 Å². The van der Waals surface area contributed by atoms with Gasteiger partial charge in [0.2, 0.25) is 0 Å². The molecule has 0 amide bonds. The molecule has 3 rings (SSSR count). The van der Waals surface area contributed by atoms with Crippen LogP contribution in [0, 0.1) is 5.92 Å². The Morgan fingerprint density at radius 1 is 0.946 bits per heavy atom. The van der Waals surface area contributed by atoms with E-state index in [1.54, 1.807) is 42.5 Å². The first-order valence-electron chi connectivity index (χ1n) is 13.7. The van der Waals surface area contributed by atoms with Crippen molar-refractivity contribution in [3.63, 3.8) is 0 Å². The van der Waals surface area contributed by atoms with E-state index in [4.69, 9.17) is 20.9 Å². The lowest BCUT2D eigenvalue weighted by Crippen LogP contribution is -2.24. The summed E-state index contributed by atoms with van der Waals surface area (Å²) in [7, 11) is 0. The molecule has 0 unspecified atom stereocenters. The molecule has 6 nitrogen and oxygen atoms in total. The van der Waals surface area contributed by atoms with Gasteiger partial charge in [0, 0.05) is 23.9 Å². The minimum absolute atomic E-state index is 0.0155. The summed E-state index contributed by atoms with van der Waals surface area (Å²) >= 11 is 0. The number of nitrogen functional groups attached to an aromatic ring is 2. The predicted molar refractivity (Wildman–Crippen MR) is 150 cm³/mol. The molecule has 0 radical (unpaired) electrons. The summed E-state index contributed by atoms with van der Waals surface area (Å²) in [5.74, 6) is 0.0686. The molecule has 1 aliphatic rings. The summed E-state index contributed by atoms with van der Waals surface area (Å²) in [5.41, 5.74) is 15.0. The Morgan fingerprint density at radius 3 is 2.38 bits per heavy atom. The van der Waals surface area contributed by atoms with Crippen LogP contribution < -0.4 is 11.5 Å². The highest BCUT2D eigenvalue weighted by atomic mass is 16.5. The molecule has 0 aliphatic heterocycles. The van der Waals surface area contributed by atoms with Gasteiger partial charge in [-0.3, -0.25) is 0 Å². The maximum Gasteiger partial charge on any atom is 0.338 e. The maximum atomic E-state index is 12.6. The van der Waals surface area contributed by atoms with Crippen LogP contribution in [0.5, 0.6) is 0 Å². The number of rotatable bonds is 13. The number of carbonyl (C=O) groups is 2. The van der Waals surface area contributed by atoms with Crippen molar-refractivity contribution in [2.24, 2.45) is 5.92 Å². The number of benzene rings is 2. The number of unbranched alkanes of at least 4 members (excludes halogenated alkanes) is 4. The fourth-order valence-electron chi connectivity index (χ4n) is 4.84. The van der Waals surface area contributed by atoms with Crippen molar-refractivity contribution in [3.05, 3.63) is 65.2 Å². The fraction of sp³-hybridized carbons (Fsp3) is 0.484. The standard InChI is InChI=1S/C31H42N2O4/c1-2-3-4-5-6-7-23-10-17-28(18-11-23)37-31(35)26-13-8-24(9-14-26)12-19-30(34)36-21-20-25-15-16-27(32)22-29(25)33/h8-9,12-16,19,22-23,28H,2-7,10-11,17-18,20-21,32-33H2,1H3. The van der Waals surface area contributed by atoms with Gasteiger partial charge in [0.1, 0.15) is 6.10 Å². The van der Waals surface area contributed by atoms with E-state index in [1.165, 1.54) is 44.6 Å². The molecule has 0 heterocycles. The predicted octanol–water partition coefficient (Wildman–Crippen LogP) is 6.73. The van der Waals surface area contributed by atoms with Gasteiger partial charge in [0.05, 0.1) is 12.2 Å². The van der Waals surface area contributed by atoms with E-state index in [1.807, 2.05) is 6.07 Å². The molecule has 1 saturated carbocycles. The van der Waals surface area contributed by atoms with E-state index in [-0.39, 0.29) is 18.7 Å². The molecule has 0 bridgehead atoms. The first-order chi connectivity index (χ1) is 17.9. The van der Waals surface area contributed by atoms with Crippen molar-refractivity contribution in [2.45, 2.75) is 83.7 Å². The zero-order valence-corrected chi connectivity index (χ0v) is 22.1. The van der Waals surface area contributed by atoms with Gasteiger partial charge in [-0.25, -0.2) is 9.59 Å². The van der Waals surface area contributed by atoms with Gasteiger partial charge < -0.3 is 20.9 Å². The molecule has 0 atom stereocenters. The second-order valence-electron chi connectivity index (χ2n) is 10.1. The molecule has 37 heavy (non-hydrogen) atoms. The zero-order chi connectivity index (χ0) is 26.5. The highest BCUT2D eigenvalue weighted by Crippen LogP contribution is 2.30. The largest absolute Gasteiger partial charge is 0.462 e. The van der Waals surface area contributed by atoms with Crippen LogP contribution in [0.25, 0.3) is 6.08 Å². The van der Waals surface area contributed by atoms with Crippen molar-refractivity contribution >= 4 is 29.4 Å². The Hall–Kier alpha value is -3.28. The smallest absolute Gasteiger partial charge is 0.338 e. The Kier molecular flexibility index (Phi) is 11.5. The van der Waals surface area contributed by atoms with Crippen LogP contribution in [0.4, 0.5) is 11.4 Å². The molecule has 6 heteroatoms. The van der Waals surface area contributed by atoms with Crippen LogP contribution in [-0.4, -0.2) is 24.6 Å². The molecule has 2 aromatic rings. The van der Waals surface area contributed by atoms with E-state index >= 15 is 0 Å². The highest BCUT2D eigenvalue weighted by molar-refractivity contribution is 5.90. The van der Waals surface area contributed by atoms with Gasteiger partial charge in [-0.05, 0) is 73.1 Å². The third kappa shape index (κ3) is 9.95. The number of hydrogen-bond donors (Lipinski definition) is 2. The topological polar surface area (TPSA) is 105 Å². The molecular weight excluding hydrogens is 464 g/mol. The number of hydrogen-bond acceptors (Lipinski definition) is 6. The van der Waals surface area contributed by atoms with Crippen molar-refractivity contribution in [1.82, 2.24) is 0 Å². The second-order valence-corrected chi connectivity index (χ2v) is 10.1. The van der Waals surface area contributed by atoms with E-state index in [0.29, 0.717) is 23.4 Å². The van der Waals surface area contributed by atoms with Crippen LogP contribution >= 0.6 is 0 Å². The minimum Gasteiger partial charge on any atom is -0.462 e. The third-order valence-electron chi connectivity index (χ3n) is 7.13. The van der Waals surface area contributed by atoms with Gasteiger partial charge >= 0.3 is 11.9 Å². The van der Waals surface area contributed by atoms with E-state index < -0.39 is 5.97 Å². The summed E-state index contributed by atoms with van der Waals surface area (Å²) in [6.45, 7) is 2.47. The number of esters is 2. The summed E-state index contributed by atoms with van der Waals surface area (Å²) in [5, 5.41) is 0. The average molecular weight is 507 g/mol. The quantitative estimate of drug-likeness (QED) is 0.135. The van der Waals surface area contributed by atoms with E-state index in [9.17, 15) is 9.59 Å². The van der Waals surface area contributed by atoms with Gasteiger partial charge in [0.15, 0.2) is 0 Å². The number of anilines is 2. The summed E-state index contributed by atoms with van der Waals surface area (Å²) in [6, 6.07) is 12.4. The Balaban J connectivity index is 1.35. The molecule has 1 fully saturated rings. The SMILES string of the molecule is CCCCCCCC1CCC(OC(=O)c2ccc(C=CC(=O)OCCc3ccc(N)cc3N)cc2)CC1. The lowest BCUT2D eigenvalue weighted by atomic mass is 9.84. The van der Waals surface area contributed by atoms with Gasteiger partial charge in [-0.1, -0.05) is 63.6 Å². The highest BCUT2D eigenvalue weighted by Gasteiger charge is 2.24. The minimum atomic E-state index is -0.436. The van der Waals surface area contributed by atoms with Crippen molar-refractivity contribution in [3.8, 4) is 0 Å². The summed E-state index contributed by atoms with van der Waals surface area (Å²) in [6.07, 6.45) is 15.7. The zero-order valence-electron chi connectivity index (χ0n) is 22.1. The van der Waals surface area contributed by atoms with Crippen molar-refractivity contribution in [1.29, 1.82) is 0 Å². The Bertz CT molecular complexity index is 1020. The van der Waals surface area contributed by atoms with Gasteiger partial charge in [0.25, 0.3) is 0 Å². The van der Waals surface area contributed by atoms with E-state index in [0.717, 1.165) is 42.7 Å². The first kappa shape index (κ1) is 28.3. The molecule has 1 aliphatic carbocycles. The van der Waals surface area contributed by atoms with Crippen LogP contribution in [0.15, 0.2) is 48.5 Å². The molecule has 4 N–H and O–H groups in total. The lowest BCUT2D eigenvalue weighted by molar-refractivity contribution is -0.137. The maximum absolute atomic E-state index is 12.6. The number of ether oxygens (including phenoxy) is 2. The third-order valence-corrected chi connectivity index (χ3v) is 7.13. The summed E-state index contributed by atoms with van der Waals surface area (Å²) < 4.78 is 11.0. The van der Waals surface area contributed by atoms with Crippen LogP contribution in [-0.2, 0) is 20.7 Å². The first-order valence-corrected chi connectivity index (χ1v) is 13.7. The summed E-state index contributed by atoms with van der Waals surface area (Å²) in [4.78, 5) is 24.6. The molecule has 200 valence electrons. The normalized spacial score (nSPS) is 17.5. The van der Waals surface area contributed by atoms with Crippen molar-refractivity contribution in [2.75, 3.05) is 18.1 Å². The number of nitrogens with two attached hydrogens (primary N) is 2. The molecular formula is C31H42N2O4. The van der Waals surface area contributed by atoms with E-state index in [2.05, 4.69) is 6.92 Å². The fourth-order valence-corrected chi connectivity index (χ4v) is 4.84. The Morgan fingerprint density at radius 2 is 1.68 bits per heavy atom. The van der Waals surface area contributed by atoms with Crippen molar-refractivity contribution < 1.29 is 19.1 Å². The number of carbonyl (C=O) groups excluding carboxylic acids is 2. The van der Waals surface area contributed by atoms with Crippen LogP contribution in [0.2, 0.25) is 0 Å². The molecule has 0 aromatic heterocycles. The molecule has 2 aromatic carbocycles. The van der Waals surface area contributed by atoms with Crippen LogP contribution in [0.1, 0.15) is 92.6 Å². The van der Waals surface area contributed by atoms with Crippen LogP contribution in [0.3, 0.4) is 0 Å². The Labute approximate surface area is 221 Å². The lowest BCUT2D eigenvalue weighted by Gasteiger charge is -2.28. The average Bonchev–Trinajstić information content (AvgIpc) is 2.90.